The van der Waals surface area contributed by atoms with E-state index in [1.54, 1.807) is 6.07 Å². The van der Waals surface area contributed by atoms with Crippen LogP contribution in [-0.2, 0) is 4.79 Å². The van der Waals surface area contributed by atoms with Crippen LogP contribution in [-0.4, -0.2) is 28.9 Å². The molecule has 23 heavy (non-hydrogen) atoms. The molecule has 1 aliphatic heterocycles. The lowest BCUT2D eigenvalue weighted by atomic mass is 10.0. The maximum Gasteiger partial charge on any atom is 0.287 e. The van der Waals surface area contributed by atoms with Crippen molar-refractivity contribution in [2.75, 3.05) is 18.0 Å². The first-order chi connectivity index (χ1) is 11.1. The smallest absolute Gasteiger partial charge is 0.287 e. The summed E-state index contributed by atoms with van der Waals surface area (Å²) < 4.78 is 0. The zero-order chi connectivity index (χ0) is 16.2. The lowest BCUT2D eigenvalue weighted by molar-refractivity contribution is -0.385. The van der Waals surface area contributed by atoms with Gasteiger partial charge in [-0.2, -0.15) is 0 Å². The zero-order valence-corrected chi connectivity index (χ0v) is 12.4. The van der Waals surface area contributed by atoms with Gasteiger partial charge in [0.1, 0.15) is 12.0 Å². The van der Waals surface area contributed by atoms with Crippen molar-refractivity contribution in [3.05, 3.63) is 64.3 Å². The van der Waals surface area contributed by atoms with Gasteiger partial charge >= 0.3 is 0 Å². The fourth-order valence-corrected chi connectivity index (χ4v) is 2.73. The number of amides is 1. The highest BCUT2D eigenvalue weighted by molar-refractivity contribution is 5.78. The molecule has 1 saturated heterocycles. The Morgan fingerprint density at radius 1 is 1.22 bits per heavy atom. The van der Waals surface area contributed by atoms with E-state index in [1.165, 1.54) is 12.3 Å². The molecule has 118 valence electrons. The third-order valence-electron chi connectivity index (χ3n) is 3.85. The number of rotatable bonds is 3. The summed E-state index contributed by atoms with van der Waals surface area (Å²) in [5.74, 6) is 0.615. The van der Waals surface area contributed by atoms with E-state index in [0.717, 1.165) is 5.56 Å². The minimum absolute atomic E-state index is 0.0109. The highest BCUT2D eigenvalue weighted by Gasteiger charge is 2.27. The molecule has 0 spiro atoms. The Labute approximate surface area is 133 Å². The van der Waals surface area contributed by atoms with E-state index >= 15 is 0 Å². The molecule has 0 radical (unpaired) electrons. The maximum atomic E-state index is 11.9. The van der Waals surface area contributed by atoms with Crippen molar-refractivity contribution in [3.63, 3.8) is 0 Å². The number of nitro groups is 1. The van der Waals surface area contributed by atoms with Gasteiger partial charge in [0, 0.05) is 19.2 Å². The van der Waals surface area contributed by atoms with E-state index in [1.807, 2.05) is 35.2 Å². The van der Waals surface area contributed by atoms with Crippen molar-refractivity contribution >= 4 is 17.4 Å². The summed E-state index contributed by atoms with van der Waals surface area (Å²) in [6, 6.07) is 12.7. The van der Waals surface area contributed by atoms with Crippen molar-refractivity contribution in [3.8, 4) is 0 Å². The van der Waals surface area contributed by atoms with Gasteiger partial charge in [-0.1, -0.05) is 30.3 Å². The van der Waals surface area contributed by atoms with Crippen LogP contribution in [0.1, 0.15) is 18.0 Å². The maximum absolute atomic E-state index is 11.9. The second-order valence-electron chi connectivity index (χ2n) is 5.31. The lowest BCUT2D eigenvalue weighted by Gasteiger charge is -2.30. The highest BCUT2D eigenvalue weighted by Crippen LogP contribution is 2.30. The molecule has 1 fully saturated rings. The third kappa shape index (κ3) is 3.28. The van der Waals surface area contributed by atoms with Gasteiger partial charge in [0.05, 0.1) is 17.4 Å². The van der Waals surface area contributed by atoms with E-state index in [4.69, 9.17) is 0 Å². The molecule has 1 aromatic carbocycles. The van der Waals surface area contributed by atoms with E-state index in [0.29, 0.717) is 25.3 Å². The molecule has 1 N–H and O–H groups in total. The quantitative estimate of drug-likeness (QED) is 0.692. The SMILES string of the molecule is O=C1C[C@H](c2ccccc2)N(c2ccc([N+](=O)[O-])cn2)CCN1. The molecule has 2 aromatic rings. The molecular formula is C16H16N4O3. The summed E-state index contributed by atoms with van der Waals surface area (Å²) in [5.41, 5.74) is 0.971. The Hall–Kier alpha value is -2.96. The second-order valence-corrected chi connectivity index (χ2v) is 5.31. The average molecular weight is 312 g/mol. The van der Waals surface area contributed by atoms with E-state index in [2.05, 4.69) is 10.3 Å². The highest BCUT2D eigenvalue weighted by atomic mass is 16.6. The summed E-state index contributed by atoms with van der Waals surface area (Å²) in [6.45, 7) is 1.11. The van der Waals surface area contributed by atoms with Crippen molar-refractivity contribution in [2.45, 2.75) is 12.5 Å². The monoisotopic (exact) mass is 312 g/mol. The Bertz CT molecular complexity index is 703. The molecule has 0 unspecified atom stereocenters. The number of hydrogen-bond acceptors (Lipinski definition) is 5. The van der Waals surface area contributed by atoms with Crippen LogP contribution >= 0.6 is 0 Å². The lowest BCUT2D eigenvalue weighted by Crippen LogP contribution is -2.31. The van der Waals surface area contributed by atoms with Gasteiger partial charge in [-0.05, 0) is 11.6 Å². The summed E-state index contributed by atoms with van der Waals surface area (Å²) in [4.78, 5) is 28.5. The van der Waals surface area contributed by atoms with Gasteiger partial charge in [-0.3, -0.25) is 14.9 Å². The summed E-state index contributed by atoms with van der Waals surface area (Å²) in [6.07, 6.45) is 1.57. The number of benzene rings is 1. The van der Waals surface area contributed by atoms with Crippen LogP contribution in [0.15, 0.2) is 48.7 Å². The van der Waals surface area contributed by atoms with Crippen LogP contribution in [0.4, 0.5) is 11.5 Å². The topological polar surface area (TPSA) is 88.4 Å². The minimum atomic E-state index is -0.473. The van der Waals surface area contributed by atoms with Crippen LogP contribution in [0.2, 0.25) is 0 Å². The molecule has 1 aliphatic rings. The number of aromatic nitrogens is 1. The molecule has 2 heterocycles. The van der Waals surface area contributed by atoms with Crippen molar-refractivity contribution in [1.29, 1.82) is 0 Å². The Morgan fingerprint density at radius 2 is 2.00 bits per heavy atom. The second kappa shape index (κ2) is 6.43. The van der Waals surface area contributed by atoms with Gasteiger partial charge in [0.25, 0.3) is 5.69 Å². The van der Waals surface area contributed by atoms with Gasteiger partial charge in [-0.25, -0.2) is 4.98 Å². The standard InChI is InChI=1S/C16H16N4O3/c21-16-10-14(12-4-2-1-3-5-12)19(9-8-17-16)15-7-6-13(11-18-15)20(22)23/h1-7,11,14H,8-10H2,(H,17,21)/t14-/m1/s1. The van der Waals surface area contributed by atoms with Crippen molar-refractivity contribution in [1.82, 2.24) is 10.3 Å². The fraction of sp³-hybridized carbons (Fsp3) is 0.250. The number of hydrogen-bond donors (Lipinski definition) is 1. The Balaban J connectivity index is 1.95. The van der Waals surface area contributed by atoms with Gasteiger partial charge in [-0.15, -0.1) is 0 Å². The summed E-state index contributed by atoms with van der Waals surface area (Å²) in [5, 5.41) is 13.6. The van der Waals surface area contributed by atoms with E-state index in [-0.39, 0.29) is 17.6 Å². The number of nitrogens with zero attached hydrogens (tertiary/aromatic N) is 3. The van der Waals surface area contributed by atoms with Gasteiger partial charge in [0.2, 0.25) is 5.91 Å². The predicted octanol–water partition coefficient (Wildman–Crippen LogP) is 2.06. The largest absolute Gasteiger partial charge is 0.354 e. The number of carbonyl (C=O) groups is 1. The number of carbonyl (C=O) groups excluding carboxylic acids is 1. The zero-order valence-electron chi connectivity index (χ0n) is 12.4. The Kier molecular flexibility index (Phi) is 4.18. The first-order valence-corrected chi connectivity index (χ1v) is 7.34. The first-order valence-electron chi connectivity index (χ1n) is 7.34. The molecule has 1 aromatic heterocycles. The summed E-state index contributed by atoms with van der Waals surface area (Å²) >= 11 is 0. The molecule has 1 atom stereocenters. The van der Waals surface area contributed by atoms with Crippen molar-refractivity contribution < 1.29 is 9.72 Å². The van der Waals surface area contributed by atoms with E-state index < -0.39 is 4.92 Å². The number of anilines is 1. The summed E-state index contributed by atoms with van der Waals surface area (Å²) in [7, 11) is 0. The van der Waals surface area contributed by atoms with Crippen molar-refractivity contribution in [2.24, 2.45) is 0 Å². The van der Waals surface area contributed by atoms with Crippen LogP contribution in [0, 0.1) is 10.1 Å². The number of pyridine rings is 1. The number of nitrogens with one attached hydrogen (secondary N) is 1. The van der Waals surface area contributed by atoms with Gasteiger partial charge < -0.3 is 10.2 Å². The molecule has 3 rings (SSSR count). The average Bonchev–Trinajstić information content (AvgIpc) is 2.77. The molecule has 1 amide bonds. The van der Waals surface area contributed by atoms with Crippen LogP contribution < -0.4 is 10.2 Å². The first kappa shape index (κ1) is 15.0. The molecule has 0 aliphatic carbocycles. The normalized spacial score (nSPS) is 18.2. The molecule has 0 saturated carbocycles. The molecule has 7 nitrogen and oxygen atoms in total. The third-order valence-corrected chi connectivity index (χ3v) is 3.85. The minimum Gasteiger partial charge on any atom is -0.354 e. The predicted molar refractivity (Wildman–Crippen MR) is 85.0 cm³/mol. The molecule has 0 bridgehead atoms. The van der Waals surface area contributed by atoms with Crippen LogP contribution in [0.3, 0.4) is 0 Å². The molecular weight excluding hydrogens is 296 g/mol. The fourth-order valence-electron chi connectivity index (χ4n) is 2.73. The Morgan fingerprint density at radius 3 is 2.65 bits per heavy atom. The van der Waals surface area contributed by atoms with Crippen LogP contribution in [0.5, 0.6) is 0 Å². The van der Waals surface area contributed by atoms with E-state index in [9.17, 15) is 14.9 Å². The van der Waals surface area contributed by atoms with Gasteiger partial charge in [0.15, 0.2) is 0 Å². The van der Waals surface area contributed by atoms with Crippen LogP contribution in [0.25, 0.3) is 0 Å². The molecule has 7 heteroatoms.